The first-order valence-corrected chi connectivity index (χ1v) is 6.60. The molecule has 4 heteroatoms. The van der Waals surface area contributed by atoms with E-state index in [1.54, 1.807) is 31.4 Å². The Morgan fingerprint density at radius 1 is 1.26 bits per heavy atom. The van der Waals surface area contributed by atoms with Crippen LogP contribution in [0.25, 0.3) is 0 Å². The zero-order chi connectivity index (χ0) is 13.8. The first kappa shape index (κ1) is 13.6. The second-order valence-corrected chi connectivity index (χ2v) is 5.10. The first-order valence-electron chi connectivity index (χ1n) is 5.81. The van der Waals surface area contributed by atoms with Gasteiger partial charge in [-0.15, -0.1) is 0 Å². The van der Waals surface area contributed by atoms with Gasteiger partial charge in [0.15, 0.2) is 5.78 Å². The highest BCUT2D eigenvalue weighted by molar-refractivity contribution is 9.10. The molecule has 2 rings (SSSR count). The van der Waals surface area contributed by atoms with E-state index in [4.69, 9.17) is 10.5 Å². The van der Waals surface area contributed by atoms with Crippen LogP contribution in [0, 0.1) is 0 Å². The second kappa shape index (κ2) is 5.89. The normalized spacial score (nSPS) is 10.2. The van der Waals surface area contributed by atoms with Gasteiger partial charge >= 0.3 is 0 Å². The standard InChI is InChI=1S/C15H14BrNO2/c1-19-15-6-5-12(16)7-11(15)9-14(18)10-3-2-4-13(17)8-10/h2-8H,9,17H2,1H3. The van der Waals surface area contributed by atoms with Gasteiger partial charge in [-0.1, -0.05) is 28.1 Å². The highest BCUT2D eigenvalue weighted by atomic mass is 79.9. The summed E-state index contributed by atoms with van der Waals surface area (Å²) in [7, 11) is 1.59. The number of carbonyl (C=O) groups is 1. The predicted molar refractivity (Wildman–Crippen MR) is 79.6 cm³/mol. The summed E-state index contributed by atoms with van der Waals surface area (Å²) < 4.78 is 6.18. The Morgan fingerprint density at radius 3 is 2.74 bits per heavy atom. The van der Waals surface area contributed by atoms with Crippen molar-refractivity contribution in [2.45, 2.75) is 6.42 Å². The van der Waals surface area contributed by atoms with E-state index < -0.39 is 0 Å². The molecule has 0 spiro atoms. The fourth-order valence-electron chi connectivity index (χ4n) is 1.87. The summed E-state index contributed by atoms with van der Waals surface area (Å²) in [5, 5.41) is 0. The van der Waals surface area contributed by atoms with Crippen LogP contribution >= 0.6 is 15.9 Å². The van der Waals surface area contributed by atoms with Gasteiger partial charge in [-0.2, -0.15) is 0 Å². The van der Waals surface area contributed by atoms with Gasteiger partial charge in [0.2, 0.25) is 0 Å². The van der Waals surface area contributed by atoms with Gasteiger partial charge in [-0.25, -0.2) is 0 Å². The fourth-order valence-corrected chi connectivity index (χ4v) is 2.28. The maximum Gasteiger partial charge on any atom is 0.167 e. The topological polar surface area (TPSA) is 52.3 Å². The minimum absolute atomic E-state index is 0.0173. The molecule has 2 aromatic rings. The van der Waals surface area contributed by atoms with E-state index in [-0.39, 0.29) is 12.2 Å². The van der Waals surface area contributed by atoms with Gasteiger partial charge < -0.3 is 10.5 Å². The van der Waals surface area contributed by atoms with Crippen LogP contribution in [0.5, 0.6) is 5.75 Å². The van der Waals surface area contributed by atoms with Crippen molar-refractivity contribution >= 4 is 27.4 Å². The molecule has 0 atom stereocenters. The van der Waals surface area contributed by atoms with Crippen molar-refractivity contribution < 1.29 is 9.53 Å². The van der Waals surface area contributed by atoms with E-state index in [2.05, 4.69) is 15.9 Å². The molecule has 0 saturated carbocycles. The van der Waals surface area contributed by atoms with Crippen molar-refractivity contribution in [3.8, 4) is 5.75 Å². The van der Waals surface area contributed by atoms with Crippen LogP contribution < -0.4 is 10.5 Å². The maximum absolute atomic E-state index is 12.2. The molecule has 0 aromatic heterocycles. The SMILES string of the molecule is COc1ccc(Br)cc1CC(=O)c1cccc(N)c1. The Balaban J connectivity index is 2.26. The van der Waals surface area contributed by atoms with E-state index >= 15 is 0 Å². The molecule has 0 aliphatic carbocycles. The number of ketones is 1. The summed E-state index contributed by atoms with van der Waals surface area (Å²) in [5.74, 6) is 0.726. The van der Waals surface area contributed by atoms with Crippen molar-refractivity contribution in [2.24, 2.45) is 0 Å². The number of benzene rings is 2. The molecule has 0 unspecified atom stereocenters. The van der Waals surface area contributed by atoms with Gasteiger partial charge in [0.25, 0.3) is 0 Å². The van der Waals surface area contributed by atoms with Crippen molar-refractivity contribution in [3.05, 3.63) is 58.1 Å². The van der Waals surface area contributed by atoms with Gasteiger partial charge in [0, 0.05) is 27.7 Å². The molecule has 98 valence electrons. The summed E-state index contributed by atoms with van der Waals surface area (Å²) in [6, 6.07) is 12.6. The Morgan fingerprint density at radius 2 is 2.05 bits per heavy atom. The van der Waals surface area contributed by atoms with Crippen molar-refractivity contribution in [3.63, 3.8) is 0 Å². The van der Waals surface area contributed by atoms with E-state index in [0.717, 1.165) is 10.0 Å². The number of hydrogen-bond acceptors (Lipinski definition) is 3. The highest BCUT2D eigenvalue weighted by Crippen LogP contribution is 2.24. The number of halogens is 1. The molecule has 0 fully saturated rings. The highest BCUT2D eigenvalue weighted by Gasteiger charge is 2.11. The molecule has 0 aliphatic rings. The van der Waals surface area contributed by atoms with E-state index in [1.165, 1.54) is 0 Å². The monoisotopic (exact) mass is 319 g/mol. The molecular formula is C15H14BrNO2. The molecule has 19 heavy (non-hydrogen) atoms. The lowest BCUT2D eigenvalue weighted by Crippen LogP contribution is -2.05. The molecular weight excluding hydrogens is 306 g/mol. The number of ether oxygens (including phenoxy) is 1. The van der Waals surface area contributed by atoms with Crippen LogP contribution in [0.3, 0.4) is 0 Å². The van der Waals surface area contributed by atoms with Crippen LogP contribution in [0.1, 0.15) is 15.9 Å². The fraction of sp³-hybridized carbons (Fsp3) is 0.133. The Kier molecular flexibility index (Phi) is 4.22. The van der Waals surface area contributed by atoms with E-state index in [1.807, 2.05) is 18.2 Å². The number of nitrogen functional groups attached to an aromatic ring is 1. The molecule has 2 N–H and O–H groups in total. The van der Waals surface area contributed by atoms with Crippen LogP contribution in [0.15, 0.2) is 46.9 Å². The van der Waals surface area contributed by atoms with Gasteiger partial charge in [0.05, 0.1) is 7.11 Å². The number of nitrogens with two attached hydrogens (primary N) is 1. The summed E-state index contributed by atoms with van der Waals surface area (Å²) in [4.78, 5) is 12.2. The Bertz CT molecular complexity index is 611. The Labute approximate surface area is 120 Å². The lowest BCUT2D eigenvalue weighted by atomic mass is 10.0. The van der Waals surface area contributed by atoms with E-state index in [0.29, 0.717) is 17.0 Å². The number of Topliss-reactive ketones (excluding diaryl/α,β-unsaturated/α-hetero) is 1. The van der Waals surface area contributed by atoms with Crippen LogP contribution in [0.2, 0.25) is 0 Å². The zero-order valence-corrected chi connectivity index (χ0v) is 12.1. The average Bonchev–Trinajstić information content (AvgIpc) is 2.39. The summed E-state index contributed by atoms with van der Waals surface area (Å²) in [5.41, 5.74) is 7.74. The molecule has 0 aliphatic heterocycles. The number of rotatable bonds is 4. The molecule has 0 heterocycles. The summed E-state index contributed by atoms with van der Waals surface area (Å²) in [6.07, 6.45) is 0.284. The molecule has 2 aromatic carbocycles. The number of carbonyl (C=O) groups excluding carboxylic acids is 1. The lowest BCUT2D eigenvalue weighted by Gasteiger charge is -2.08. The van der Waals surface area contributed by atoms with Crippen molar-refractivity contribution in [1.29, 1.82) is 0 Å². The van der Waals surface area contributed by atoms with Gasteiger partial charge in [-0.3, -0.25) is 4.79 Å². The third-order valence-electron chi connectivity index (χ3n) is 2.80. The maximum atomic E-state index is 12.2. The van der Waals surface area contributed by atoms with Gasteiger partial charge in [0.1, 0.15) is 5.75 Å². The van der Waals surface area contributed by atoms with Crippen LogP contribution in [-0.4, -0.2) is 12.9 Å². The van der Waals surface area contributed by atoms with Crippen molar-refractivity contribution in [2.75, 3.05) is 12.8 Å². The third-order valence-corrected chi connectivity index (χ3v) is 3.30. The second-order valence-electron chi connectivity index (χ2n) is 4.18. The number of methoxy groups -OCH3 is 1. The lowest BCUT2D eigenvalue weighted by molar-refractivity contribution is 0.0992. The molecule has 0 radical (unpaired) electrons. The molecule has 0 amide bonds. The minimum Gasteiger partial charge on any atom is -0.496 e. The summed E-state index contributed by atoms with van der Waals surface area (Å²) in [6.45, 7) is 0. The zero-order valence-electron chi connectivity index (χ0n) is 10.5. The van der Waals surface area contributed by atoms with E-state index in [9.17, 15) is 4.79 Å². The average molecular weight is 320 g/mol. The Hall–Kier alpha value is -1.81. The third kappa shape index (κ3) is 3.35. The predicted octanol–water partition coefficient (Wildman–Crippen LogP) is 3.47. The smallest absolute Gasteiger partial charge is 0.167 e. The van der Waals surface area contributed by atoms with Crippen LogP contribution in [0.4, 0.5) is 5.69 Å². The molecule has 3 nitrogen and oxygen atoms in total. The van der Waals surface area contributed by atoms with Gasteiger partial charge in [-0.05, 0) is 30.3 Å². The first-order chi connectivity index (χ1) is 9.10. The molecule has 0 saturated heterocycles. The summed E-state index contributed by atoms with van der Waals surface area (Å²) >= 11 is 3.40. The quantitative estimate of drug-likeness (QED) is 0.693. The van der Waals surface area contributed by atoms with Crippen LogP contribution in [-0.2, 0) is 6.42 Å². The number of hydrogen-bond donors (Lipinski definition) is 1. The minimum atomic E-state index is 0.0173. The number of anilines is 1. The molecule has 0 bridgehead atoms. The largest absolute Gasteiger partial charge is 0.496 e. The van der Waals surface area contributed by atoms with Crippen molar-refractivity contribution in [1.82, 2.24) is 0 Å².